The third kappa shape index (κ3) is 3.23. The standard InChI is InChI=1S/C15H19N3O2/c1-9(2)19-14-11(4)15(17-8-16-14)20-13-7-6-10(3)18-12(13)5/h6-9H,1-5H3. The molecule has 0 saturated heterocycles. The SMILES string of the molecule is Cc1ccc(Oc2ncnc(OC(C)C)c2C)c(C)n1. The number of hydrogen-bond acceptors (Lipinski definition) is 5. The van der Waals surface area contributed by atoms with Crippen molar-refractivity contribution in [3.05, 3.63) is 35.4 Å². The zero-order valence-corrected chi connectivity index (χ0v) is 12.5. The highest BCUT2D eigenvalue weighted by molar-refractivity contribution is 5.38. The van der Waals surface area contributed by atoms with E-state index in [4.69, 9.17) is 9.47 Å². The summed E-state index contributed by atoms with van der Waals surface area (Å²) in [6.45, 7) is 9.64. The molecule has 106 valence electrons. The van der Waals surface area contributed by atoms with Gasteiger partial charge in [0.1, 0.15) is 6.33 Å². The number of ether oxygens (including phenoxy) is 2. The van der Waals surface area contributed by atoms with E-state index in [0.717, 1.165) is 17.0 Å². The first-order chi connectivity index (χ1) is 9.47. The average molecular weight is 273 g/mol. The molecule has 0 bridgehead atoms. The topological polar surface area (TPSA) is 57.1 Å². The fourth-order valence-corrected chi connectivity index (χ4v) is 1.75. The number of pyridine rings is 1. The van der Waals surface area contributed by atoms with Gasteiger partial charge in [-0.15, -0.1) is 0 Å². The second kappa shape index (κ2) is 5.86. The number of aromatic nitrogens is 3. The van der Waals surface area contributed by atoms with E-state index in [1.54, 1.807) is 0 Å². The molecule has 5 heteroatoms. The summed E-state index contributed by atoms with van der Waals surface area (Å²) in [5.41, 5.74) is 2.56. The monoisotopic (exact) mass is 273 g/mol. The van der Waals surface area contributed by atoms with Crippen LogP contribution in [0.15, 0.2) is 18.5 Å². The zero-order valence-electron chi connectivity index (χ0n) is 12.5. The molecule has 0 aliphatic rings. The first-order valence-electron chi connectivity index (χ1n) is 6.57. The summed E-state index contributed by atoms with van der Waals surface area (Å²) >= 11 is 0. The van der Waals surface area contributed by atoms with E-state index in [9.17, 15) is 0 Å². The summed E-state index contributed by atoms with van der Waals surface area (Å²) in [6.07, 6.45) is 1.50. The highest BCUT2D eigenvalue weighted by atomic mass is 16.5. The first-order valence-corrected chi connectivity index (χ1v) is 6.57. The van der Waals surface area contributed by atoms with Crippen LogP contribution < -0.4 is 9.47 Å². The van der Waals surface area contributed by atoms with Crippen molar-refractivity contribution in [3.8, 4) is 17.5 Å². The summed E-state index contributed by atoms with van der Waals surface area (Å²) in [6, 6.07) is 3.80. The second-order valence-electron chi connectivity index (χ2n) is 4.91. The minimum absolute atomic E-state index is 0.0548. The van der Waals surface area contributed by atoms with E-state index in [2.05, 4.69) is 15.0 Å². The van der Waals surface area contributed by atoms with Crippen LogP contribution in [0, 0.1) is 20.8 Å². The first kappa shape index (κ1) is 14.2. The van der Waals surface area contributed by atoms with Crippen LogP contribution >= 0.6 is 0 Å². The smallest absolute Gasteiger partial charge is 0.229 e. The molecule has 0 N–H and O–H groups in total. The van der Waals surface area contributed by atoms with Crippen molar-refractivity contribution in [3.63, 3.8) is 0 Å². The van der Waals surface area contributed by atoms with Crippen LogP contribution in [0.1, 0.15) is 30.8 Å². The summed E-state index contributed by atoms with van der Waals surface area (Å²) in [4.78, 5) is 12.7. The summed E-state index contributed by atoms with van der Waals surface area (Å²) in [7, 11) is 0. The predicted molar refractivity (Wildman–Crippen MR) is 76.3 cm³/mol. The van der Waals surface area contributed by atoms with Gasteiger partial charge in [0, 0.05) is 5.69 Å². The van der Waals surface area contributed by atoms with Gasteiger partial charge in [-0.1, -0.05) is 0 Å². The van der Waals surface area contributed by atoms with Crippen LogP contribution in [0.2, 0.25) is 0 Å². The molecule has 20 heavy (non-hydrogen) atoms. The molecule has 2 heterocycles. The highest BCUT2D eigenvalue weighted by Crippen LogP contribution is 2.29. The molecule has 0 saturated carbocycles. The zero-order chi connectivity index (χ0) is 14.7. The molecule has 0 atom stereocenters. The van der Waals surface area contributed by atoms with E-state index < -0.39 is 0 Å². The predicted octanol–water partition coefficient (Wildman–Crippen LogP) is 3.38. The molecule has 0 unspecified atom stereocenters. The quantitative estimate of drug-likeness (QED) is 0.854. The molecule has 5 nitrogen and oxygen atoms in total. The molecular weight excluding hydrogens is 254 g/mol. The van der Waals surface area contributed by atoms with Crippen LogP contribution in [-0.4, -0.2) is 21.1 Å². The number of aryl methyl sites for hydroxylation is 2. The maximum absolute atomic E-state index is 5.82. The lowest BCUT2D eigenvalue weighted by Crippen LogP contribution is -2.09. The molecule has 0 fully saturated rings. The van der Waals surface area contributed by atoms with Crippen molar-refractivity contribution >= 4 is 0 Å². The van der Waals surface area contributed by atoms with Gasteiger partial charge in [-0.25, -0.2) is 9.97 Å². The molecule has 2 aromatic rings. The largest absolute Gasteiger partial charge is 0.475 e. The lowest BCUT2D eigenvalue weighted by Gasteiger charge is -2.14. The average Bonchev–Trinajstić information content (AvgIpc) is 2.36. The molecule has 0 aliphatic heterocycles. The minimum atomic E-state index is 0.0548. The van der Waals surface area contributed by atoms with Gasteiger partial charge in [0.15, 0.2) is 5.75 Å². The second-order valence-corrected chi connectivity index (χ2v) is 4.91. The van der Waals surface area contributed by atoms with Crippen molar-refractivity contribution in [1.29, 1.82) is 0 Å². The normalized spacial score (nSPS) is 10.7. The summed E-state index contributed by atoms with van der Waals surface area (Å²) in [5.74, 6) is 1.72. The lowest BCUT2D eigenvalue weighted by molar-refractivity contribution is 0.229. The van der Waals surface area contributed by atoms with Gasteiger partial charge in [0.25, 0.3) is 0 Å². The van der Waals surface area contributed by atoms with Crippen molar-refractivity contribution in [1.82, 2.24) is 15.0 Å². The van der Waals surface area contributed by atoms with Crippen molar-refractivity contribution in [2.45, 2.75) is 40.7 Å². The van der Waals surface area contributed by atoms with Crippen LogP contribution in [0.5, 0.6) is 17.5 Å². The Morgan fingerprint density at radius 3 is 2.35 bits per heavy atom. The van der Waals surface area contributed by atoms with Gasteiger partial charge < -0.3 is 9.47 Å². The molecule has 2 aromatic heterocycles. The van der Waals surface area contributed by atoms with E-state index in [1.165, 1.54) is 6.33 Å². The van der Waals surface area contributed by atoms with E-state index >= 15 is 0 Å². The van der Waals surface area contributed by atoms with Crippen LogP contribution in [0.4, 0.5) is 0 Å². The Morgan fingerprint density at radius 1 is 1.00 bits per heavy atom. The summed E-state index contributed by atoms with van der Waals surface area (Å²) in [5, 5.41) is 0. The third-order valence-electron chi connectivity index (χ3n) is 2.72. The Morgan fingerprint density at radius 2 is 1.70 bits per heavy atom. The van der Waals surface area contributed by atoms with Crippen LogP contribution in [-0.2, 0) is 0 Å². The molecular formula is C15H19N3O2. The highest BCUT2D eigenvalue weighted by Gasteiger charge is 2.12. The van der Waals surface area contributed by atoms with Crippen LogP contribution in [0.25, 0.3) is 0 Å². The maximum atomic E-state index is 5.82. The van der Waals surface area contributed by atoms with Crippen LogP contribution in [0.3, 0.4) is 0 Å². The summed E-state index contributed by atoms with van der Waals surface area (Å²) < 4.78 is 11.4. The number of rotatable bonds is 4. The fraction of sp³-hybridized carbons (Fsp3) is 0.400. The van der Waals surface area contributed by atoms with E-state index in [0.29, 0.717) is 17.5 Å². The Labute approximate surface area is 119 Å². The molecule has 0 spiro atoms. The van der Waals surface area contributed by atoms with Gasteiger partial charge >= 0.3 is 0 Å². The van der Waals surface area contributed by atoms with Gasteiger partial charge in [-0.2, -0.15) is 0 Å². The number of hydrogen-bond donors (Lipinski definition) is 0. The molecule has 0 radical (unpaired) electrons. The van der Waals surface area contributed by atoms with Gasteiger partial charge in [-0.3, -0.25) is 4.98 Å². The number of nitrogens with zero attached hydrogens (tertiary/aromatic N) is 3. The minimum Gasteiger partial charge on any atom is -0.475 e. The van der Waals surface area contributed by atoms with Gasteiger partial charge in [0.2, 0.25) is 11.8 Å². The Kier molecular flexibility index (Phi) is 4.17. The van der Waals surface area contributed by atoms with Crippen molar-refractivity contribution in [2.24, 2.45) is 0 Å². The van der Waals surface area contributed by atoms with Crippen molar-refractivity contribution in [2.75, 3.05) is 0 Å². The molecule has 0 aromatic carbocycles. The molecule has 0 aliphatic carbocycles. The molecule has 0 amide bonds. The Hall–Kier alpha value is -2.17. The van der Waals surface area contributed by atoms with Gasteiger partial charge in [-0.05, 0) is 46.8 Å². The third-order valence-corrected chi connectivity index (χ3v) is 2.72. The maximum Gasteiger partial charge on any atom is 0.229 e. The fourth-order valence-electron chi connectivity index (χ4n) is 1.75. The lowest BCUT2D eigenvalue weighted by atomic mass is 10.3. The van der Waals surface area contributed by atoms with Gasteiger partial charge in [0.05, 0.1) is 17.4 Å². The van der Waals surface area contributed by atoms with E-state index in [-0.39, 0.29) is 6.10 Å². The molecule has 2 rings (SSSR count). The van der Waals surface area contributed by atoms with E-state index in [1.807, 2.05) is 46.8 Å². The Balaban J connectivity index is 2.29. The van der Waals surface area contributed by atoms with Crippen molar-refractivity contribution < 1.29 is 9.47 Å². The Bertz CT molecular complexity index is 612.